The minimum atomic E-state index is -0.105. The summed E-state index contributed by atoms with van der Waals surface area (Å²) in [5.41, 5.74) is 2.50. The average molecular weight is 336 g/mol. The molecule has 25 heavy (non-hydrogen) atoms. The Balaban J connectivity index is 1.47. The molecule has 1 aromatic carbocycles. The number of hydrogen-bond acceptors (Lipinski definition) is 5. The SMILES string of the molecule is Cc1cccc(NC(=O)C2CCCN(c3nc4ccccc4o3)C2)n1. The maximum Gasteiger partial charge on any atom is 0.298 e. The molecule has 4 rings (SSSR count). The van der Waals surface area contributed by atoms with Crippen LogP contribution in [0, 0.1) is 12.8 Å². The van der Waals surface area contributed by atoms with Gasteiger partial charge in [-0.3, -0.25) is 4.79 Å². The second-order valence-corrected chi connectivity index (χ2v) is 6.40. The van der Waals surface area contributed by atoms with Crippen molar-refractivity contribution in [2.24, 2.45) is 5.92 Å². The van der Waals surface area contributed by atoms with Crippen LogP contribution in [0.2, 0.25) is 0 Å². The second-order valence-electron chi connectivity index (χ2n) is 6.40. The van der Waals surface area contributed by atoms with Gasteiger partial charge in [-0.05, 0) is 44.0 Å². The smallest absolute Gasteiger partial charge is 0.298 e. The van der Waals surface area contributed by atoms with Crippen molar-refractivity contribution >= 4 is 28.8 Å². The molecule has 0 radical (unpaired) electrons. The normalized spacial score (nSPS) is 17.6. The molecule has 2 aromatic heterocycles. The number of benzene rings is 1. The Hall–Kier alpha value is -2.89. The summed E-state index contributed by atoms with van der Waals surface area (Å²) in [5, 5.41) is 2.92. The first-order chi connectivity index (χ1) is 12.2. The molecule has 1 atom stereocenters. The zero-order valence-corrected chi connectivity index (χ0v) is 14.1. The number of aromatic nitrogens is 2. The van der Waals surface area contributed by atoms with E-state index >= 15 is 0 Å². The Kier molecular flexibility index (Phi) is 4.09. The first-order valence-electron chi connectivity index (χ1n) is 8.54. The summed E-state index contributed by atoms with van der Waals surface area (Å²) in [6.45, 7) is 3.36. The number of amides is 1. The lowest BCUT2D eigenvalue weighted by molar-refractivity contribution is -0.120. The summed E-state index contributed by atoms with van der Waals surface area (Å²) < 4.78 is 5.84. The van der Waals surface area contributed by atoms with E-state index in [4.69, 9.17) is 4.42 Å². The number of anilines is 2. The molecule has 6 heteroatoms. The summed E-state index contributed by atoms with van der Waals surface area (Å²) in [7, 11) is 0. The molecule has 0 spiro atoms. The van der Waals surface area contributed by atoms with E-state index in [2.05, 4.69) is 20.2 Å². The molecule has 3 aromatic rings. The van der Waals surface area contributed by atoms with Crippen molar-refractivity contribution in [3.05, 3.63) is 48.2 Å². The minimum absolute atomic E-state index is 0.00101. The topological polar surface area (TPSA) is 71.3 Å². The molecule has 0 saturated carbocycles. The summed E-state index contributed by atoms with van der Waals surface area (Å²) in [6.07, 6.45) is 1.78. The largest absolute Gasteiger partial charge is 0.423 e. The van der Waals surface area contributed by atoms with Gasteiger partial charge in [-0.1, -0.05) is 18.2 Å². The van der Waals surface area contributed by atoms with E-state index in [9.17, 15) is 4.79 Å². The molecule has 1 fully saturated rings. The zero-order valence-electron chi connectivity index (χ0n) is 14.1. The Morgan fingerprint density at radius 1 is 1.20 bits per heavy atom. The number of pyridine rings is 1. The molecule has 3 heterocycles. The molecule has 6 nitrogen and oxygen atoms in total. The summed E-state index contributed by atoms with van der Waals surface area (Å²) in [5.74, 6) is 0.494. The molecule has 1 unspecified atom stereocenters. The number of fused-ring (bicyclic) bond motifs is 1. The molecule has 128 valence electrons. The van der Waals surface area contributed by atoms with Gasteiger partial charge in [0.05, 0.1) is 5.92 Å². The summed E-state index contributed by atoms with van der Waals surface area (Å²) in [6, 6.07) is 13.9. The average Bonchev–Trinajstić information content (AvgIpc) is 3.06. The van der Waals surface area contributed by atoms with E-state index in [1.54, 1.807) is 0 Å². The minimum Gasteiger partial charge on any atom is -0.423 e. The fraction of sp³-hybridized carbons (Fsp3) is 0.316. The lowest BCUT2D eigenvalue weighted by atomic mass is 9.97. The van der Waals surface area contributed by atoms with Crippen molar-refractivity contribution in [2.45, 2.75) is 19.8 Å². The van der Waals surface area contributed by atoms with Crippen LogP contribution in [0.5, 0.6) is 0 Å². The number of carbonyl (C=O) groups excluding carboxylic acids is 1. The number of para-hydroxylation sites is 2. The predicted octanol–water partition coefficient (Wildman–Crippen LogP) is 3.39. The van der Waals surface area contributed by atoms with Crippen LogP contribution in [0.1, 0.15) is 18.5 Å². The molecular weight excluding hydrogens is 316 g/mol. The van der Waals surface area contributed by atoms with Crippen LogP contribution in [0.3, 0.4) is 0 Å². The van der Waals surface area contributed by atoms with Gasteiger partial charge in [0, 0.05) is 18.8 Å². The van der Waals surface area contributed by atoms with Gasteiger partial charge in [0.15, 0.2) is 5.58 Å². The quantitative estimate of drug-likeness (QED) is 0.794. The van der Waals surface area contributed by atoms with E-state index < -0.39 is 0 Å². The maximum atomic E-state index is 12.6. The number of oxazole rings is 1. The van der Waals surface area contributed by atoms with Gasteiger partial charge < -0.3 is 14.6 Å². The fourth-order valence-corrected chi connectivity index (χ4v) is 3.20. The predicted molar refractivity (Wildman–Crippen MR) is 96.5 cm³/mol. The number of aryl methyl sites for hydroxylation is 1. The van der Waals surface area contributed by atoms with Crippen LogP contribution in [-0.2, 0) is 4.79 Å². The highest BCUT2D eigenvalue weighted by Gasteiger charge is 2.28. The second kappa shape index (κ2) is 6.55. The highest BCUT2D eigenvalue weighted by Crippen LogP contribution is 2.26. The first kappa shape index (κ1) is 15.6. The van der Waals surface area contributed by atoms with Crippen LogP contribution in [0.15, 0.2) is 46.9 Å². The number of hydrogen-bond donors (Lipinski definition) is 1. The van der Waals surface area contributed by atoms with Crippen molar-refractivity contribution in [3.63, 3.8) is 0 Å². The van der Waals surface area contributed by atoms with Crippen molar-refractivity contribution in [3.8, 4) is 0 Å². The third kappa shape index (κ3) is 3.33. The van der Waals surface area contributed by atoms with Crippen molar-refractivity contribution in [2.75, 3.05) is 23.3 Å². The van der Waals surface area contributed by atoms with Crippen LogP contribution in [0.4, 0.5) is 11.8 Å². The lowest BCUT2D eigenvalue weighted by Crippen LogP contribution is -2.41. The Labute approximate surface area is 145 Å². The van der Waals surface area contributed by atoms with Gasteiger partial charge in [0.25, 0.3) is 6.01 Å². The van der Waals surface area contributed by atoms with E-state index in [0.717, 1.165) is 36.2 Å². The zero-order chi connectivity index (χ0) is 17.2. The molecule has 1 aliphatic heterocycles. The number of rotatable bonds is 3. The van der Waals surface area contributed by atoms with Gasteiger partial charge in [-0.2, -0.15) is 4.98 Å². The van der Waals surface area contributed by atoms with Crippen LogP contribution < -0.4 is 10.2 Å². The van der Waals surface area contributed by atoms with Crippen LogP contribution in [0.25, 0.3) is 11.1 Å². The number of carbonyl (C=O) groups is 1. The van der Waals surface area contributed by atoms with Gasteiger partial charge in [0.2, 0.25) is 5.91 Å². The molecule has 1 saturated heterocycles. The van der Waals surface area contributed by atoms with E-state index in [1.807, 2.05) is 49.4 Å². The van der Waals surface area contributed by atoms with E-state index in [-0.39, 0.29) is 11.8 Å². The highest BCUT2D eigenvalue weighted by molar-refractivity contribution is 5.92. The standard InChI is InChI=1S/C19H20N4O2/c1-13-6-4-10-17(20-13)22-18(24)14-7-5-11-23(12-14)19-21-15-8-2-3-9-16(15)25-19/h2-4,6,8-10,14H,5,7,11-12H2,1H3,(H,20,22,24). The molecule has 1 aliphatic rings. The summed E-state index contributed by atoms with van der Waals surface area (Å²) in [4.78, 5) is 23.5. The number of nitrogens with one attached hydrogen (secondary N) is 1. The van der Waals surface area contributed by atoms with Crippen molar-refractivity contribution in [1.29, 1.82) is 0 Å². The number of nitrogens with zero attached hydrogens (tertiary/aromatic N) is 3. The van der Waals surface area contributed by atoms with E-state index in [1.165, 1.54) is 0 Å². The third-order valence-corrected chi connectivity index (χ3v) is 4.48. The summed E-state index contributed by atoms with van der Waals surface area (Å²) >= 11 is 0. The van der Waals surface area contributed by atoms with Crippen LogP contribution in [-0.4, -0.2) is 29.0 Å². The van der Waals surface area contributed by atoms with Gasteiger partial charge >= 0.3 is 0 Å². The Morgan fingerprint density at radius 3 is 2.92 bits per heavy atom. The van der Waals surface area contributed by atoms with Crippen molar-refractivity contribution in [1.82, 2.24) is 9.97 Å². The lowest BCUT2D eigenvalue weighted by Gasteiger charge is -2.30. The number of piperidine rings is 1. The Bertz CT molecular complexity index is 872. The fourth-order valence-electron chi connectivity index (χ4n) is 3.20. The molecule has 1 amide bonds. The van der Waals surface area contributed by atoms with Gasteiger partial charge in [0.1, 0.15) is 11.3 Å². The Morgan fingerprint density at radius 2 is 2.08 bits per heavy atom. The third-order valence-electron chi connectivity index (χ3n) is 4.48. The molecule has 1 N–H and O–H groups in total. The van der Waals surface area contributed by atoms with Gasteiger partial charge in [-0.15, -0.1) is 0 Å². The van der Waals surface area contributed by atoms with Gasteiger partial charge in [-0.25, -0.2) is 4.98 Å². The van der Waals surface area contributed by atoms with E-state index in [0.29, 0.717) is 18.4 Å². The van der Waals surface area contributed by atoms with Crippen molar-refractivity contribution < 1.29 is 9.21 Å². The maximum absolute atomic E-state index is 12.6. The first-order valence-corrected chi connectivity index (χ1v) is 8.54. The van der Waals surface area contributed by atoms with Crippen LogP contribution >= 0.6 is 0 Å². The molecule has 0 bridgehead atoms. The molecule has 0 aliphatic carbocycles. The molecular formula is C19H20N4O2. The highest BCUT2D eigenvalue weighted by atomic mass is 16.4. The monoisotopic (exact) mass is 336 g/mol.